The third-order valence-corrected chi connectivity index (χ3v) is 2.28. The maximum atomic E-state index is 13.5. The van der Waals surface area contributed by atoms with Crippen molar-refractivity contribution in [2.24, 2.45) is 10.9 Å². The standard InChI is InChI=1S/C11H10F2N6/c12-6-2-1-3-7(8(6)13)18-11(19-15)9-10(14)17-5-4-16-9/h1-5H,15H2,(H2,14,17)(H,18,19). The lowest BCUT2D eigenvalue weighted by atomic mass is 10.2. The quantitative estimate of drug-likeness (QED) is 0.326. The molecular formula is C11H10F2N6. The van der Waals surface area contributed by atoms with E-state index in [2.05, 4.69) is 20.4 Å². The Morgan fingerprint density at radius 2 is 1.95 bits per heavy atom. The number of amidine groups is 1. The molecule has 2 rings (SSSR count). The number of anilines is 2. The molecule has 0 atom stereocenters. The lowest BCUT2D eigenvalue weighted by Crippen LogP contribution is -2.20. The summed E-state index contributed by atoms with van der Waals surface area (Å²) >= 11 is 0. The zero-order valence-corrected chi connectivity index (χ0v) is 9.64. The van der Waals surface area contributed by atoms with Gasteiger partial charge in [-0.1, -0.05) is 6.07 Å². The Balaban J connectivity index is 2.36. The maximum absolute atomic E-state index is 13.5. The number of nitrogens with one attached hydrogen (secondary N) is 1. The van der Waals surface area contributed by atoms with Gasteiger partial charge in [0.15, 0.2) is 23.3 Å². The third-order valence-electron chi connectivity index (χ3n) is 2.28. The van der Waals surface area contributed by atoms with Crippen molar-refractivity contribution < 1.29 is 8.78 Å². The molecule has 5 N–H and O–H groups in total. The van der Waals surface area contributed by atoms with E-state index >= 15 is 0 Å². The predicted octanol–water partition coefficient (Wildman–Crippen LogP) is 1.07. The van der Waals surface area contributed by atoms with Gasteiger partial charge >= 0.3 is 0 Å². The van der Waals surface area contributed by atoms with E-state index in [1.807, 2.05) is 0 Å². The second-order valence-electron chi connectivity index (χ2n) is 3.49. The Hall–Kier alpha value is -2.77. The van der Waals surface area contributed by atoms with E-state index in [1.54, 1.807) is 0 Å². The highest BCUT2D eigenvalue weighted by Gasteiger charge is 2.14. The molecule has 0 amide bonds. The number of halogens is 2. The molecule has 0 aliphatic heterocycles. The third kappa shape index (κ3) is 2.57. The molecule has 2 aromatic rings. The maximum Gasteiger partial charge on any atom is 0.182 e. The molecule has 19 heavy (non-hydrogen) atoms. The van der Waals surface area contributed by atoms with Gasteiger partial charge in [0.25, 0.3) is 0 Å². The van der Waals surface area contributed by atoms with Crippen molar-refractivity contribution in [3.05, 3.63) is 47.9 Å². The lowest BCUT2D eigenvalue weighted by Gasteiger charge is -2.10. The van der Waals surface area contributed by atoms with Crippen LogP contribution in [0.3, 0.4) is 0 Å². The minimum absolute atomic E-state index is 0.0184. The van der Waals surface area contributed by atoms with Gasteiger partial charge < -0.3 is 16.9 Å². The molecule has 0 unspecified atom stereocenters. The Morgan fingerprint density at radius 3 is 2.63 bits per heavy atom. The first-order valence-electron chi connectivity index (χ1n) is 5.19. The van der Waals surface area contributed by atoms with E-state index < -0.39 is 11.6 Å². The van der Waals surface area contributed by atoms with Crippen LogP contribution >= 0.6 is 0 Å². The number of aromatic nitrogens is 2. The highest BCUT2D eigenvalue weighted by molar-refractivity contribution is 6.09. The Kier molecular flexibility index (Phi) is 3.51. The van der Waals surface area contributed by atoms with Gasteiger partial charge in [-0.25, -0.2) is 18.7 Å². The zero-order chi connectivity index (χ0) is 13.8. The molecule has 0 fully saturated rings. The van der Waals surface area contributed by atoms with Crippen LogP contribution in [0.5, 0.6) is 0 Å². The van der Waals surface area contributed by atoms with Crippen molar-refractivity contribution in [2.75, 3.05) is 11.1 Å². The fraction of sp³-hybridized carbons (Fsp3) is 0. The fourth-order valence-corrected chi connectivity index (χ4v) is 1.41. The van der Waals surface area contributed by atoms with Crippen molar-refractivity contribution in [1.82, 2.24) is 9.97 Å². The first-order chi connectivity index (χ1) is 9.13. The molecule has 0 aliphatic carbocycles. The zero-order valence-electron chi connectivity index (χ0n) is 9.64. The summed E-state index contributed by atoms with van der Waals surface area (Å²) in [6.45, 7) is 0. The van der Waals surface area contributed by atoms with Crippen LogP contribution in [0.25, 0.3) is 0 Å². The monoisotopic (exact) mass is 264 g/mol. The number of benzene rings is 1. The predicted molar refractivity (Wildman–Crippen MR) is 67.1 cm³/mol. The summed E-state index contributed by atoms with van der Waals surface area (Å²) in [5.74, 6) is 3.20. The lowest BCUT2D eigenvalue weighted by molar-refractivity contribution is 0.512. The Bertz CT molecular complexity index is 628. The molecule has 6 nitrogen and oxygen atoms in total. The normalized spacial score (nSPS) is 11.4. The van der Waals surface area contributed by atoms with E-state index in [9.17, 15) is 8.78 Å². The second kappa shape index (κ2) is 5.25. The SMILES string of the molecule is N/N=C(/Nc1cccc(F)c1F)c1nccnc1N. The summed E-state index contributed by atoms with van der Waals surface area (Å²) in [5.41, 5.74) is 5.62. The summed E-state index contributed by atoms with van der Waals surface area (Å²) < 4.78 is 26.6. The van der Waals surface area contributed by atoms with Crippen molar-refractivity contribution in [3.63, 3.8) is 0 Å². The van der Waals surface area contributed by atoms with Crippen LogP contribution < -0.4 is 16.9 Å². The summed E-state index contributed by atoms with van der Waals surface area (Å²) in [6.07, 6.45) is 2.76. The first-order valence-corrected chi connectivity index (χ1v) is 5.19. The molecule has 0 spiro atoms. The second-order valence-corrected chi connectivity index (χ2v) is 3.49. The van der Waals surface area contributed by atoms with Crippen LogP contribution in [0.4, 0.5) is 20.3 Å². The van der Waals surface area contributed by atoms with E-state index in [0.717, 1.165) is 6.07 Å². The average Bonchev–Trinajstić information content (AvgIpc) is 2.41. The van der Waals surface area contributed by atoms with Crippen molar-refractivity contribution >= 4 is 17.3 Å². The van der Waals surface area contributed by atoms with Gasteiger partial charge in [-0.05, 0) is 12.1 Å². The van der Waals surface area contributed by atoms with Crippen LogP contribution in [0, 0.1) is 11.6 Å². The van der Waals surface area contributed by atoms with E-state index in [1.165, 1.54) is 24.5 Å². The number of hydrazone groups is 1. The number of nitrogens with two attached hydrogens (primary N) is 2. The van der Waals surface area contributed by atoms with Gasteiger partial charge in [-0.15, -0.1) is 0 Å². The minimum atomic E-state index is -1.05. The Morgan fingerprint density at radius 1 is 1.21 bits per heavy atom. The van der Waals surface area contributed by atoms with Gasteiger partial charge in [0, 0.05) is 12.4 Å². The van der Waals surface area contributed by atoms with E-state index in [-0.39, 0.29) is 23.0 Å². The molecule has 1 aromatic carbocycles. The van der Waals surface area contributed by atoms with Crippen LogP contribution in [-0.2, 0) is 0 Å². The molecule has 8 heteroatoms. The van der Waals surface area contributed by atoms with Crippen molar-refractivity contribution in [3.8, 4) is 0 Å². The number of nitrogen functional groups attached to an aromatic ring is 1. The molecule has 0 saturated carbocycles. The molecule has 0 bridgehead atoms. The highest BCUT2D eigenvalue weighted by atomic mass is 19.2. The molecule has 1 aromatic heterocycles. The largest absolute Gasteiger partial charge is 0.382 e. The van der Waals surface area contributed by atoms with E-state index in [0.29, 0.717) is 0 Å². The number of hydrogen-bond acceptors (Lipinski definition) is 5. The van der Waals surface area contributed by atoms with Gasteiger partial charge in [0.05, 0.1) is 5.69 Å². The average molecular weight is 264 g/mol. The van der Waals surface area contributed by atoms with Gasteiger partial charge in [0.1, 0.15) is 5.69 Å². The molecule has 1 heterocycles. The number of rotatable bonds is 2. The summed E-state index contributed by atoms with van der Waals surface area (Å²) in [6, 6.07) is 3.67. The van der Waals surface area contributed by atoms with Crippen LogP contribution in [-0.4, -0.2) is 15.8 Å². The van der Waals surface area contributed by atoms with E-state index in [4.69, 9.17) is 11.6 Å². The topological polar surface area (TPSA) is 102 Å². The van der Waals surface area contributed by atoms with Gasteiger partial charge in [-0.3, -0.25) is 0 Å². The van der Waals surface area contributed by atoms with Crippen LogP contribution in [0.2, 0.25) is 0 Å². The van der Waals surface area contributed by atoms with Crippen molar-refractivity contribution in [1.29, 1.82) is 0 Å². The fourth-order valence-electron chi connectivity index (χ4n) is 1.41. The van der Waals surface area contributed by atoms with Gasteiger partial charge in [0.2, 0.25) is 0 Å². The number of hydrogen-bond donors (Lipinski definition) is 3. The minimum Gasteiger partial charge on any atom is -0.382 e. The number of nitrogens with zero attached hydrogens (tertiary/aromatic N) is 3. The smallest absolute Gasteiger partial charge is 0.182 e. The Labute approximate surface area is 107 Å². The molecule has 0 aliphatic rings. The van der Waals surface area contributed by atoms with Crippen molar-refractivity contribution in [2.45, 2.75) is 0 Å². The molecule has 98 valence electrons. The molecule has 0 saturated heterocycles. The molecular weight excluding hydrogens is 254 g/mol. The van der Waals surface area contributed by atoms with Gasteiger partial charge in [-0.2, -0.15) is 5.10 Å². The summed E-state index contributed by atoms with van der Waals surface area (Å²) in [5, 5.41) is 5.94. The first kappa shape index (κ1) is 12.7. The highest BCUT2D eigenvalue weighted by Crippen LogP contribution is 2.18. The summed E-state index contributed by atoms with van der Waals surface area (Å²) in [7, 11) is 0. The van der Waals surface area contributed by atoms with Crippen LogP contribution in [0.15, 0.2) is 35.7 Å². The molecule has 0 radical (unpaired) electrons. The van der Waals surface area contributed by atoms with Crippen LogP contribution in [0.1, 0.15) is 5.69 Å². The summed E-state index contributed by atoms with van der Waals surface area (Å²) in [4.78, 5) is 7.72.